The fourth-order valence-electron chi connectivity index (χ4n) is 1.92. The van der Waals surface area contributed by atoms with E-state index in [1.165, 1.54) is 30.5 Å². The van der Waals surface area contributed by atoms with Crippen LogP contribution in [0.1, 0.15) is 12.1 Å². The van der Waals surface area contributed by atoms with E-state index in [1.807, 2.05) is 5.32 Å². The summed E-state index contributed by atoms with van der Waals surface area (Å²) < 4.78 is 42.6. The Hall–Kier alpha value is -2.84. The lowest BCUT2D eigenvalue weighted by atomic mass is 10.2. The summed E-state index contributed by atoms with van der Waals surface area (Å²) in [4.78, 5) is 26.6. The normalized spacial score (nSPS) is 12.2. The number of alkyl halides is 2. The number of rotatable bonds is 7. The summed E-state index contributed by atoms with van der Waals surface area (Å²) in [5.74, 6) is -2.60. The van der Waals surface area contributed by atoms with Gasteiger partial charge in [-0.3, -0.25) is 4.79 Å². The highest BCUT2D eigenvalue weighted by Crippen LogP contribution is 2.19. The topological polar surface area (TPSA) is 92.4 Å². The van der Waals surface area contributed by atoms with Crippen molar-refractivity contribution in [1.82, 2.24) is 10.3 Å². The molecule has 0 aliphatic rings. The van der Waals surface area contributed by atoms with Crippen molar-refractivity contribution in [2.24, 2.45) is 0 Å². The Morgan fingerprint density at radius 2 is 1.92 bits per heavy atom. The quantitative estimate of drug-likeness (QED) is 0.805. The van der Waals surface area contributed by atoms with Crippen LogP contribution in [0.2, 0.25) is 0 Å². The second-order valence-corrected chi connectivity index (χ2v) is 4.91. The van der Waals surface area contributed by atoms with Gasteiger partial charge in [-0.15, -0.1) is 0 Å². The number of carbonyl (C=O) groups excluding carboxylic acids is 1. The van der Waals surface area contributed by atoms with Crippen LogP contribution in [0.4, 0.5) is 13.2 Å². The predicted octanol–water partition coefficient (Wildman–Crippen LogP) is 2.25. The summed E-state index contributed by atoms with van der Waals surface area (Å²) in [7, 11) is 0. The number of carboxylic acid groups (broad SMARTS) is 1. The number of benzene rings is 1. The molecule has 9 heteroatoms. The Kier molecular flexibility index (Phi) is 5.56. The Morgan fingerprint density at radius 3 is 2.50 bits per heavy atom. The van der Waals surface area contributed by atoms with Gasteiger partial charge in [-0.1, -0.05) is 0 Å². The van der Waals surface area contributed by atoms with E-state index in [2.05, 4.69) is 4.98 Å². The zero-order valence-corrected chi connectivity index (χ0v) is 12.2. The second-order valence-electron chi connectivity index (χ2n) is 4.91. The summed E-state index contributed by atoms with van der Waals surface area (Å²) in [6.07, 6.45) is -3.00. The van der Waals surface area contributed by atoms with Crippen LogP contribution in [-0.4, -0.2) is 34.4 Å². The number of carbonyl (C=O) groups is 2. The Bertz CT molecular complexity index is 716. The highest BCUT2D eigenvalue weighted by molar-refractivity contribution is 5.84. The van der Waals surface area contributed by atoms with Gasteiger partial charge in [0.2, 0.25) is 18.2 Å². The number of halogens is 3. The molecule has 0 aliphatic heterocycles. The van der Waals surface area contributed by atoms with Gasteiger partial charge in [0.25, 0.3) is 0 Å². The van der Waals surface area contributed by atoms with Crippen molar-refractivity contribution >= 4 is 11.9 Å². The van der Waals surface area contributed by atoms with Crippen LogP contribution in [0.15, 0.2) is 34.9 Å². The van der Waals surface area contributed by atoms with E-state index in [1.54, 1.807) is 0 Å². The highest BCUT2D eigenvalue weighted by atomic mass is 19.3. The van der Waals surface area contributed by atoms with Crippen molar-refractivity contribution in [3.05, 3.63) is 42.0 Å². The largest absolute Gasteiger partial charge is 0.480 e. The average molecular weight is 342 g/mol. The van der Waals surface area contributed by atoms with Crippen molar-refractivity contribution < 1.29 is 32.3 Å². The van der Waals surface area contributed by atoms with Gasteiger partial charge in [0.05, 0.1) is 12.1 Å². The summed E-state index contributed by atoms with van der Waals surface area (Å²) in [6, 6.07) is 3.63. The van der Waals surface area contributed by atoms with Crippen LogP contribution in [-0.2, 0) is 16.0 Å². The fraction of sp³-hybridized carbons (Fsp3) is 0.267. The van der Waals surface area contributed by atoms with Gasteiger partial charge in [-0.25, -0.2) is 22.9 Å². The van der Waals surface area contributed by atoms with Gasteiger partial charge in [-0.05, 0) is 24.3 Å². The monoisotopic (exact) mass is 342 g/mol. The molecule has 1 aromatic heterocycles. The van der Waals surface area contributed by atoms with Crippen molar-refractivity contribution in [1.29, 1.82) is 0 Å². The van der Waals surface area contributed by atoms with Gasteiger partial charge >= 0.3 is 5.97 Å². The number of aliphatic carboxylic acids is 1. The molecule has 0 radical (unpaired) electrons. The maximum Gasteiger partial charge on any atom is 0.326 e. The first-order chi connectivity index (χ1) is 11.3. The third kappa shape index (κ3) is 4.83. The first-order valence-electron chi connectivity index (χ1n) is 6.86. The van der Waals surface area contributed by atoms with Crippen LogP contribution in [0.25, 0.3) is 11.5 Å². The lowest BCUT2D eigenvalue weighted by Crippen LogP contribution is -2.42. The highest BCUT2D eigenvalue weighted by Gasteiger charge is 2.24. The predicted molar refractivity (Wildman–Crippen MR) is 75.8 cm³/mol. The molecular formula is C15H13F3N2O4. The zero-order chi connectivity index (χ0) is 17.7. The zero-order valence-electron chi connectivity index (χ0n) is 12.2. The fourth-order valence-corrected chi connectivity index (χ4v) is 1.92. The van der Waals surface area contributed by atoms with E-state index in [-0.39, 0.29) is 18.0 Å². The molecular weight excluding hydrogens is 329 g/mol. The number of aromatic nitrogens is 1. The molecule has 0 saturated carbocycles. The molecule has 1 amide bonds. The molecule has 1 unspecified atom stereocenters. The number of nitrogens with one attached hydrogen (secondary N) is 1. The lowest BCUT2D eigenvalue weighted by molar-refractivity contribution is -0.142. The minimum Gasteiger partial charge on any atom is -0.480 e. The molecule has 128 valence electrons. The second kappa shape index (κ2) is 7.62. The maximum absolute atomic E-state index is 12.9. The van der Waals surface area contributed by atoms with Crippen LogP contribution in [0.5, 0.6) is 0 Å². The van der Waals surface area contributed by atoms with Crippen molar-refractivity contribution in [3.63, 3.8) is 0 Å². The Labute approximate surface area is 134 Å². The molecule has 2 rings (SSSR count). The number of hydrogen-bond acceptors (Lipinski definition) is 4. The van der Waals surface area contributed by atoms with E-state index in [4.69, 9.17) is 9.52 Å². The van der Waals surface area contributed by atoms with Gasteiger partial charge in [-0.2, -0.15) is 0 Å². The number of nitrogens with zero attached hydrogens (tertiary/aromatic N) is 1. The number of amides is 1. The SMILES string of the molecule is O=C(Cc1coc(-c2ccc(F)cc2)n1)NC(CC(F)F)C(=O)O. The van der Waals surface area contributed by atoms with Gasteiger partial charge in [0, 0.05) is 12.0 Å². The number of hydrogen-bond donors (Lipinski definition) is 2. The minimum absolute atomic E-state index is 0.153. The molecule has 2 N–H and O–H groups in total. The summed E-state index contributed by atoms with van der Waals surface area (Å²) >= 11 is 0. The molecule has 2 aromatic rings. The first kappa shape index (κ1) is 17.5. The van der Waals surface area contributed by atoms with E-state index in [0.717, 1.165) is 0 Å². The molecule has 1 atom stereocenters. The van der Waals surface area contributed by atoms with Crippen LogP contribution in [0.3, 0.4) is 0 Å². The van der Waals surface area contributed by atoms with Gasteiger partial charge in [0.1, 0.15) is 18.1 Å². The van der Waals surface area contributed by atoms with Crippen molar-refractivity contribution in [2.45, 2.75) is 25.3 Å². The van der Waals surface area contributed by atoms with E-state index in [0.29, 0.717) is 5.56 Å². The van der Waals surface area contributed by atoms with Crippen molar-refractivity contribution in [2.75, 3.05) is 0 Å². The standard InChI is InChI=1S/C15H13F3N2O4/c16-9-3-1-8(2-4-9)14-19-10(7-24-14)5-13(21)20-11(15(22)23)6-12(17)18/h1-4,7,11-12H,5-6H2,(H,20,21)(H,22,23). The molecule has 0 bridgehead atoms. The number of oxazole rings is 1. The summed E-state index contributed by atoms with van der Waals surface area (Å²) in [5, 5.41) is 10.8. The molecule has 0 fully saturated rings. The third-order valence-electron chi connectivity index (χ3n) is 3.03. The molecule has 6 nitrogen and oxygen atoms in total. The molecule has 0 saturated heterocycles. The maximum atomic E-state index is 12.9. The molecule has 24 heavy (non-hydrogen) atoms. The minimum atomic E-state index is -2.86. The Morgan fingerprint density at radius 1 is 1.25 bits per heavy atom. The lowest BCUT2D eigenvalue weighted by Gasteiger charge is -2.13. The molecule has 0 spiro atoms. The Balaban J connectivity index is 1.99. The molecule has 1 aromatic carbocycles. The van der Waals surface area contributed by atoms with Gasteiger partial charge < -0.3 is 14.8 Å². The summed E-state index contributed by atoms with van der Waals surface area (Å²) in [5.41, 5.74) is 0.678. The third-order valence-corrected chi connectivity index (χ3v) is 3.03. The molecule has 1 heterocycles. The van der Waals surface area contributed by atoms with Crippen LogP contribution >= 0.6 is 0 Å². The average Bonchev–Trinajstić information content (AvgIpc) is 2.95. The van der Waals surface area contributed by atoms with E-state index < -0.39 is 36.6 Å². The van der Waals surface area contributed by atoms with E-state index in [9.17, 15) is 22.8 Å². The van der Waals surface area contributed by atoms with Crippen LogP contribution < -0.4 is 5.32 Å². The summed E-state index contributed by atoms with van der Waals surface area (Å²) in [6.45, 7) is 0. The smallest absolute Gasteiger partial charge is 0.326 e. The van der Waals surface area contributed by atoms with E-state index >= 15 is 0 Å². The first-order valence-corrected chi connectivity index (χ1v) is 6.86. The van der Waals surface area contributed by atoms with Gasteiger partial charge in [0.15, 0.2) is 0 Å². The molecule has 0 aliphatic carbocycles. The number of carboxylic acids is 1. The van der Waals surface area contributed by atoms with Crippen LogP contribution in [0, 0.1) is 5.82 Å². The van der Waals surface area contributed by atoms with Crippen molar-refractivity contribution in [3.8, 4) is 11.5 Å².